The van der Waals surface area contributed by atoms with Gasteiger partial charge in [-0.1, -0.05) is 12.1 Å². The second kappa shape index (κ2) is 5.92. The lowest BCUT2D eigenvalue weighted by molar-refractivity contribution is 0.0963. The summed E-state index contributed by atoms with van der Waals surface area (Å²) in [5.41, 5.74) is 1.78. The zero-order valence-electron chi connectivity index (χ0n) is 10.1. The van der Waals surface area contributed by atoms with Crippen molar-refractivity contribution in [3.8, 4) is 0 Å². The van der Waals surface area contributed by atoms with E-state index < -0.39 is 0 Å². The molecule has 0 spiro atoms. The summed E-state index contributed by atoms with van der Waals surface area (Å²) in [5, 5.41) is 12.4. The maximum absolute atomic E-state index is 11.3. The highest BCUT2D eigenvalue weighted by Crippen LogP contribution is 2.04. The van der Waals surface area contributed by atoms with Crippen LogP contribution in [0.25, 0.3) is 0 Å². The van der Waals surface area contributed by atoms with Crippen LogP contribution in [0.4, 0.5) is 0 Å². The van der Waals surface area contributed by atoms with Crippen LogP contribution in [-0.2, 0) is 13.1 Å². The van der Waals surface area contributed by atoms with Gasteiger partial charge in [-0.25, -0.2) is 4.98 Å². The largest absolute Gasteiger partial charge is 0.355 e. The first-order chi connectivity index (χ1) is 8.79. The number of nitrogens with zero attached hydrogens (tertiary/aromatic N) is 2. The summed E-state index contributed by atoms with van der Waals surface area (Å²) >= 11 is 0. The van der Waals surface area contributed by atoms with E-state index in [1.165, 1.54) is 6.33 Å². The highest BCUT2D eigenvalue weighted by Gasteiger charge is 2.02. The average molecular weight is 245 g/mol. The lowest BCUT2D eigenvalue weighted by Crippen LogP contribution is -2.18. The monoisotopic (exact) mass is 245 g/mol. The molecule has 6 nitrogen and oxygen atoms in total. The Labute approximate surface area is 105 Å². The van der Waals surface area contributed by atoms with Crippen LogP contribution in [0.5, 0.6) is 0 Å². The fraction of sp³-hybridized carbons (Fsp3) is 0.250. The number of aromatic amines is 1. The van der Waals surface area contributed by atoms with Crippen LogP contribution < -0.4 is 10.6 Å². The van der Waals surface area contributed by atoms with Crippen LogP contribution in [0.3, 0.4) is 0 Å². The van der Waals surface area contributed by atoms with Gasteiger partial charge in [-0.2, -0.15) is 5.10 Å². The molecule has 18 heavy (non-hydrogen) atoms. The van der Waals surface area contributed by atoms with Crippen molar-refractivity contribution in [3.05, 3.63) is 47.5 Å². The summed E-state index contributed by atoms with van der Waals surface area (Å²) in [7, 11) is 1.62. The minimum absolute atomic E-state index is 0.0730. The second-order valence-electron chi connectivity index (χ2n) is 3.81. The predicted octanol–water partition coefficient (Wildman–Crippen LogP) is 0.454. The van der Waals surface area contributed by atoms with Crippen LogP contribution in [0.1, 0.15) is 21.7 Å². The Morgan fingerprint density at radius 3 is 2.67 bits per heavy atom. The third kappa shape index (κ3) is 3.14. The van der Waals surface area contributed by atoms with Crippen molar-refractivity contribution in [1.29, 1.82) is 0 Å². The number of hydrogen-bond acceptors (Lipinski definition) is 4. The molecular formula is C12H15N5O. The summed E-state index contributed by atoms with van der Waals surface area (Å²) in [6.45, 7) is 1.35. The van der Waals surface area contributed by atoms with Crippen molar-refractivity contribution >= 4 is 5.91 Å². The Morgan fingerprint density at radius 1 is 1.28 bits per heavy atom. The summed E-state index contributed by atoms with van der Waals surface area (Å²) in [6, 6.07) is 7.48. The number of rotatable bonds is 5. The molecule has 0 aliphatic heterocycles. The number of amides is 1. The fourth-order valence-corrected chi connectivity index (χ4v) is 1.56. The van der Waals surface area contributed by atoms with Crippen LogP contribution in [0, 0.1) is 0 Å². The van der Waals surface area contributed by atoms with Gasteiger partial charge in [-0.3, -0.25) is 9.89 Å². The number of benzene rings is 1. The molecule has 0 saturated heterocycles. The standard InChI is InChI=1S/C12H15N5O/c1-13-12(18)10-4-2-9(3-5-10)6-14-7-11-15-8-16-17-11/h2-5,8,14H,6-7H2,1H3,(H,13,18)(H,15,16,17). The van der Waals surface area contributed by atoms with Crippen molar-refractivity contribution < 1.29 is 4.79 Å². The Kier molecular flexibility index (Phi) is 4.03. The molecule has 1 amide bonds. The summed E-state index contributed by atoms with van der Waals surface area (Å²) in [6.07, 6.45) is 1.48. The Hall–Kier alpha value is -2.21. The lowest BCUT2D eigenvalue weighted by Gasteiger charge is -2.04. The molecule has 0 atom stereocenters. The maximum Gasteiger partial charge on any atom is 0.251 e. The molecule has 1 aromatic carbocycles. The van der Waals surface area contributed by atoms with Crippen LogP contribution in [-0.4, -0.2) is 28.1 Å². The Balaban J connectivity index is 1.85. The van der Waals surface area contributed by atoms with Crippen LogP contribution in [0.15, 0.2) is 30.6 Å². The summed E-state index contributed by atoms with van der Waals surface area (Å²) < 4.78 is 0. The molecule has 0 saturated carbocycles. The molecular weight excluding hydrogens is 230 g/mol. The third-order valence-electron chi connectivity index (χ3n) is 2.53. The molecule has 0 radical (unpaired) electrons. The SMILES string of the molecule is CNC(=O)c1ccc(CNCc2ncn[nH]2)cc1. The summed E-state index contributed by atoms with van der Waals surface area (Å²) in [4.78, 5) is 15.4. The molecule has 0 aliphatic carbocycles. The quantitative estimate of drug-likeness (QED) is 0.714. The number of nitrogens with one attached hydrogen (secondary N) is 3. The molecule has 0 aliphatic rings. The molecule has 2 rings (SSSR count). The van der Waals surface area contributed by atoms with Gasteiger partial charge in [0.2, 0.25) is 0 Å². The van der Waals surface area contributed by atoms with E-state index in [0.717, 1.165) is 11.4 Å². The van der Waals surface area contributed by atoms with Gasteiger partial charge in [0, 0.05) is 19.2 Å². The van der Waals surface area contributed by atoms with Crippen LogP contribution >= 0.6 is 0 Å². The van der Waals surface area contributed by atoms with Gasteiger partial charge < -0.3 is 10.6 Å². The number of hydrogen-bond donors (Lipinski definition) is 3. The van der Waals surface area contributed by atoms with E-state index in [-0.39, 0.29) is 5.91 Å². The Bertz CT molecular complexity index is 492. The van der Waals surface area contributed by atoms with Crippen molar-refractivity contribution in [1.82, 2.24) is 25.8 Å². The van der Waals surface area contributed by atoms with E-state index in [4.69, 9.17) is 0 Å². The van der Waals surface area contributed by atoms with E-state index in [0.29, 0.717) is 18.7 Å². The van der Waals surface area contributed by atoms with Gasteiger partial charge >= 0.3 is 0 Å². The zero-order valence-corrected chi connectivity index (χ0v) is 10.1. The molecule has 2 aromatic rings. The average Bonchev–Trinajstić information content (AvgIpc) is 2.92. The fourth-order valence-electron chi connectivity index (χ4n) is 1.56. The first-order valence-corrected chi connectivity index (χ1v) is 5.65. The Morgan fingerprint density at radius 2 is 2.06 bits per heavy atom. The van der Waals surface area contributed by atoms with E-state index in [9.17, 15) is 4.79 Å². The first kappa shape index (κ1) is 12.3. The summed E-state index contributed by atoms with van der Waals surface area (Å²) in [5.74, 6) is 0.730. The van der Waals surface area contributed by atoms with Crippen molar-refractivity contribution in [2.75, 3.05) is 7.05 Å². The highest BCUT2D eigenvalue weighted by atomic mass is 16.1. The second-order valence-corrected chi connectivity index (χ2v) is 3.81. The van der Waals surface area contributed by atoms with Gasteiger partial charge in [-0.15, -0.1) is 0 Å². The predicted molar refractivity (Wildman–Crippen MR) is 66.8 cm³/mol. The number of carbonyl (C=O) groups is 1. The van der Waals surface area contributed by atoms with Crippen LogP contribution in [0.2, 0.25) is 0 Å². The molecule has 94 valence electrons. The third-order valence-corrected chi connectivity index (χ3v) is 2.53. The number of carbonyl (C=O) groups excluding carboxylic acids is 1. The van der Waals surface area contributed by atoms with Crippen molar-refractivity contribution in [2.24, 2.45) is 0 Å². The molecule has 0 unspecified atom stereocenters. The van der Waals surface area contributed by atoms with Crippen molar-refractivity contribution in [3.63, 3.8) is 0 Å². The molecule has 0 fully saturated rings. The topological polar surface area (TPSA) is 82.7 Å². The van der Waals surface area contributed by atoms with Gasteiger partial charge in [0.25, 0.3) is 5.91 Å². The molecule has 3 N–H and O–H groups in total. The number of aromatic nitrogens is 3. The molecule has 6 heteroatoms. The normalized spacial score (nSPS) is 10.3. The smallest absolute Gasteiger partial charge is 0.251 e. The van der Waals surface area contributed by atoms with Gasteiger partial charge in [0.05, 0.1) is 6.54 Å². The zero-order chi connectivity index (χ0) is 12.8. The number of H-pyrrole nitrogens is 1. The van der Waals surface area contributed by atoms with E-state index in [1.807, 2.05) is 24.3 Å². The van der Waals surface area contributed by atoms with E-state index in [2.05, 4.69) is 25.8 Å². The van der Waals surface area contributed by atoms with Gasteiger partial charge in [0.15, 0.2) is 0 Å². The van der Waals surface area contributed by atoms with E-state index >= 15 is 0 Å². The first-order valence-electron chi connectivity index (χ1n) is 5.65. The van der Waals surface area contributed by atoms with E-state index in [1.54, 1.807) is 7.05 Å². The molecule has 1 aromatic heterocycles. The molecule has 1 heterocycles. The minimum Gasteiger partial charge on any atom is -0.355 e. The van der Waals surface area contributed by atoms with Gasteiger partial charge in [-0.05, 0) is 17.7 Å². The van der Waals surface area contributed by atoms with Gasteiger partial charge in [0.1, 0.15) is 12.2 Å². The lowest BCUT2D eigenvalue weighted by atomic mass is 10.1. The highest BCUT2D eigenvalue weighted by molar-refractivity contribution is 5.93. The maximum atomic E-state index is 11.3. The molecule has 0 bridgehead atoms. The minimum atomic E-state index is -0.0730. The van der Waals surface area contributed by atoms with Crippen molar-refractivity contribution in [2.45, 2.75) is 13.1 Å².